The summed E-state index contributed by atoms with van der Waals surface area (Å²) in [4.78, 5) is 11.9. The molecule has 1 unspecified atom stereocenters. The Kier molecular flexibility index (Phi) is 5.85. The maximum absolute atomic E-state index is 11.9. The summed E-state index contributed by atoms with van der Waals surface area (Å²) < 4.78 is 20.8. The zero-order chi connectivity index (χ0) is 18.5. The molecule has 2 heterocycles. The molecule has 0 aliphatic carbocycles. The number of carbonyl (C=O) groups is 1. The Hall–Kier alpha value is -2.45. The third-order valence-corrected chi connectivity index (χ3v) is 4.16. The van der Waals surface area contributed by atoms with Crippen molar-refractivity contribution in [3.8, 4) is 17.2 Å². The quantitative estimate of drug-likeness (QED) is 0.718. The smallest absolute Gasteiger partial charge is 0.231 e. The summed E-state index contributed by atoms with van der Waals surface area (Å²) in [6, 6.07) is 5.16. The van der Waals surface area contributed by atoms with Crippen molar-refractivity contribution in [3.05, 3.63) is 34.7 Å². The minimum Gasteiger partial charge on any atom is -0.491 e. The maximum Gasteiger partial charge on any atom is 0.231 e. The van der Waals surface area contributed by atoms with Gasteiger partial charge in [-0.1, -0.05) is 5.16 Å². The molecule has 2 N–H and O–H groups in total. The number of nitrogens with one attached hydrogen (secondary N) is 1. The number of aryl methyl sites for hydroxylation is 1. The lowest BCUT2D eigenvalue weighted by Crippen LogP contribution is -2.35. The largest absolute Gasteiger partial charge is 0.491 e. The molecular weight excluding hydrogens is 364 g/mol. The number of halogens is 1. The van der Waals surface area contributed by atoms with Gasteiger partial charge in [-0.25, -0.2) is 0 Å². The Morgan fingerprint density at radius 1 is 1.42 bits per heavy atom. The highest BCUT2D eigenvalue weighted by atomic mass is 35.5. The molecule has 1 aliphatic rings. The molecule has 3 rings (SSSR count). The van der Waals surface area contributed by atoms with E-state index in [-0.39, 0.29) is 37.5 Å². The molecule has 1 aromatic heterocycles. The van der Waals surface area contributed by atoms with Crippen molar-refractivity contribution in [2.45, 2.75) is 25.9 Å². The highest BCUT2D eigenvalue weighted by molar-refractivity contribution is 6.29. The number of amides is 1. The number of hydrogen-bond acceptors (Lipinski definition) is 7. The number of aliphatic hydroxyl groups is 1. The minimum atomic E-state index is -0.842. The van der Waals surface area contributed by atoms with Crippen molar-refractivity contribution < 1.29 is 28.6 Å². The van der Waals surface area contributed by atoms with Crippen LogP contribution < -0.4 is 19.5 Å². The number of ether oxygens (including phenoxy) is 3. The summed E-state index contributed by atoms with van der Waals surface area (Å²) in [5.41, 5.74) is 1.38. The number of aliphatic hydroxyl groups excluding tert-OH is 1. The number of aromatic nitrogens is 1. The van der Waals surface area contributed by atoms with E-state index in [4.69, 9.17) is 30.3 Å². The first kappa shape index (κ1) is 18.3. The molecule has 0 spiro atoms. The summed E-state index contributed by atoms with van der Waals surface area (Å²) in [5.74, 6) is 1.61. The van der Waals surface area contributed by atoms with Crippen molar-refractivity contribution in [2.75, 3.05) is 19.9 Å². The Morgan fingerprint density at radius 2 is 2.23 bits per heavy atom. The van der Waals surface area contributed by atoms with Gasteiger partial charge < -0.3 is 29.2 Å². The lowest BCUT2D eigenvalue weighted by atomic mass is 10.1. The summed E-state index contributed by atoms with van der Waals surface area (Å²) >= 11 is 5.86. The average molecular weight is 383 g/mol. The number of rotatable bonds is 8. The number of nitrogens with zero attached hydrogens (tertiary/aromatic N) is 1. The molecule has 26 heavy (non-hydrogen) atoms. The van der Waals surface area contributed by atoms with Crippen molar-refractivity contribution in [3.63, 3.8) is 0 Å². The molecule has 1 aromatic carbocycles. The van der Waals surface area contributed by atoms with Crippen LogP contribution >= 0.6 is 11.6 Å². The van der Waals surface area contributed by atoms with Gasteiger partial charge in [0.15, 0.2) is 11.5 Å². The van der Waals surface area contributed by atoms with E-state index < -0.39 is 6.10 Å². The molecular formula is C17H19ClN2O6. The van der Waals surface area contributed by atoms with Crippen LogP contribution in [0, 0.1) is 6.92 Å². The fourth-order valence-corrected chi connectivity index (χ4v) is 2.68. The molecule has 0 fully saturated rings. The molecule has 1 aliphatic heterocycles. The van der Waals surface area contributed by atoms with Gasteiger partial charge in [0.1, 0.15) is 18.5 Å². The van der Waals surface area contributed by atoms with Gasteiger partial charge in [0, 0.05) is 24.6 Å². The van der Waals surface area contributed by atoms with Gasteiger partial charge in [-0.2, -0.15) is 0 Å². The predicted octanol–water partition coefficient (Wildman–Crippen LogP) is 1.85. The molecule has 0 bridgehead atoms. The van der Waals surface area contributed by atoms with Gasteiger partial charge >= 0.3 is 0 Å². The molecule has 0 saturated heterocycles. The molecule has 9 heteroatoms. The Bertz CT molecular complexity index is 759. The average Bonchev–Trinajstić information content (AvgIpc) is 3.22. The molecule has 0 radical (unpaired) electrons. The second-order valence-electron chi connectivity index (χ2n) is 5.80. The van der Waals surface area contributed by atoms with Crippen LogP contribution in [-0.4, -0.2) is 42.2 Å². The standard InChI is InChI=1S/C17H19ClN2O6/c1-10-13(17(18)26-20-10)3-5-16(22)19-7-11(21)8-23-12-2-4-14-15(6-12)25-9-24-14/h2,4,6,11,21H,3,5,7-9H2,1H3,(H,19,22). The third kappa shape index (κ3) is 4.59. The van der Waals surface area contributed by atoms with E-state index in [1.54, 1.807) is 25.1 Å². The van der Waals surface area contributed by atoms with Crippen molar-refractivity contribution in [1.82, 2.24) is 10.5 Å². The van der Waals surface area contributed by atoms with E-state index in [1.165, 1.54) is 0 Å². The monoisotopic (exact) mass is 382 g/mol. The lowest BCUT2D eigenvalue weighted by Gasteiger charge is -2.13. The van der Waals surface area contributed by atoms with Crippen LogP contribution in [0.1, 0.15) is 17.7 Å². The van der Waals surface area contributed by atoms with E-state index in [2.05, 4.69) is 10.5 Å². The van der Waals surface area contributed by atoms with E-state index in [1.807, 2.05) is 0 Å². The van der Waals surface area contributed by atoms with Gasteiger partial charge in [0.2, 0.25) is 17.9 Å². The van der Waals surface area contributed by atoms with Crippen LogP contribution in [0.2, 0.25) is 5.22 Å². The van der Waals surface area contributed by atoms with Crippen molar-refractivity contribution in [1.29, 1.82) is 0 Å². The summed E-state index contributed by atoms with van der Waals surface area (Å²) in [6.07, 6.45) is -0.202. The summed E-state index contributed by atoms with van der Waals surface area (Å²) in [6.45, 7) is 2.07. The number of fused-ring (bicyclic) bond motifs is 1. The molecule has 0 saturated carbocycles. The van der Waals surface area contributed by atoms with Crippen molar-refractivity contribution >= 4 is 17.5 Å². The molecule has 140 valence electrons. The van der Waals surface area contributed by atoms with E-state index >= 15 is 0 Å². The van der Waals surface area contributed by atoms with E-state index in [0.29, 0.717) is 34.9 Å². The lowest BCUT2D eigenvalue weighted by molar-refractivity contribution is -0.121. The van der Waals surface area contributed by atoms with Crippen LogP contribution in [0.5, 0.6) is 17.2 Å². The molecule has 2 aromatic rings. The third-order valence-electron chi connectivity index (χ3n) is 3.86. The first-order valence-electron chi connectivity index (χ1n) is 8.11. The van der Waals surface area contributed by atoms with Gasteiger partial charge in [-0.15, -0.1) is 0 Å². The zero-order valence-electron chi connectivity index (χ0n) is 14.2. The van der Waals surface area contributed by atoms with Gasteiger partial charge in [0.25, 0.3) is 0 Å². The fraction of sp³-hybridized carbons (Fsp3) is 0.412. The molecule has 1 amide bonds. The second kappa shape index (κ2) is 8.29. The predicted molar refractivity (Wildman–Crippen MR) is 91.6 cm³/mol. The van der Waals surface area contributed by atoms with Crippen LogP contribution in [0.25, 0.3) is 0 Å². The highest BCUT2D eigenvalue weighted by Gasteiger charge is 2.15. The number of carbonyl (C=O) groups excluding carboxylic acids is 1. The summed E-state index contributed by atoms with van der Waals surface area (Å²) in [7, 11) is 0. The molecule has 8 nitrogen and oxygen atoms in total. The van der Waals surface area contributed by atoms with Gasteiger partial charge in [-0.05, 0) is 37.1 Å². The second-order valence-corrected chi connectivity index (χ2v) is 6.15. The number of benzene rings is 1. The molecule has 1 atom stereocenters. The minimum absolute atomic E-state index is 0.0382. The Labute approximate surface area is 155 Å². The number of hydrogen-bond donors (Lipinski definition) is 2. The normalized spacial score (nSPS) is 13.5. The Balaban J connectivity index is 1.37. The van der Waals surface area contributed by atoms with Gasteiger partial charge in [0.05, 0.1) is 5.69 Å². The van der Waals surface area contributed by atoms with E-state index in [9.17, 15) is 9.90 Å². The maximum atomic E-state index is 11.9. The van der Waals surface area contributed by atoms with Crippen molar-refractivity contribution in [2.24, 2.45) is 0 Å². The fourth-order valence-electron chi connectivity index (χ4n) is 2.42. The van der Waals surface area contributed by atoms with Crippen LogP contribution in [0.4, 0.5) is 0 Å². The van der Waals surface area contributed by atoms with Crippen LogP contribution in [0.3, 0.4) is 0 Å². The Morgan fingerprint density at radius 3 is 3.00 bits per heavy atom. The van der Waals surface area contributed by atoms with Crippen LogP contribution in [-0.2, 0) is 11.2 Å². The first-order chi connectivity index (χ1) is 12.5. The van der Waals surface area contributed by atoms with Crippen LogP contribution in [0.15, 0.2) is 22.7 Å². The van der Waals surface area contributed by atoms with Gasteiger partial charge in [-0.3, -0.25) is 4.79 Å². The SMILES string of the molecule is Cc1noc(Cl)c1CCC(=O)NCC(O)COc1ccc2c(c1)OCO2. The van der Waals surface area contributed by atoms with E-state index in [0.717, 1.165) is 0 Å². The highest BCUT2D eigenvalue weighted by Crippen LogP contribution is 2.35. The summed E-state index contributed by atoms with van der Waals surface area (Å²) in [5, 5.41) is 16.5. The first-order valence-corrected chi connectivity index (χ1v) is 8.48. The topological polar surface area (TPSA) is 103 Å². The zero-order valence-corrected chi connectivity index (χ0v) is 14.9.